The molecule has 5 nitrogen and oxygen atoms in total. The van der Waals surface area contributed by atoms with Crippen LogP contribution in [-0.2, 0) is 9.59 Å². The monoisotopic (exact) mass is 391 g/mol. The molecule has 2 amide bonds. The first-order valence-corrected chi connectivity index (χ1v) is 9.54. The largest absolute Gasteiger partial charge is 0.326 e. The summed E-state index contributed by atoms with van der Waals surface area (Å²) in [5.74, 6) is 0.0453. The number of thiazole rings is 1. The second-order valence-corrected chi connectivity index (χ2v) is 7.88. The number of amides is 2. The minimum Gasteiger partial charge on any atom is -0.326 e. The minimum atomic E-state index is -0.114. The van der Waals surface area contributed by atoms with Crippen molar-refractivity contribution < 1.29 is 9.59 Å². The maximum Gasteiger partial charge on any atom is 0.234 e. The summed E-state index contributed by atoms with van der Waals surface area (Å²) in [6.45, 7) is 1.47. The number of hydrogen-bond donors (Lipinski definition) is 2. The minimum absolute atomic E-state index is 0.106. The number of fused-ring (bicyclic) bond motifs is 1. The van der Waals surface area contributed by atoms with E-state index in [1.165, 1.54) is 30.0 Å². The van der Waals surface area contributed by atoms with Crippen molar-refractivity contribution in [2.45, 2.75) is 11.3 Å². The van der Waals surface area contributed by atoms with Crippen LogP contribution in [0.3, 0.4) is 0 Å². The predicted molar refractivity (Wildman–Crippen MR) is 105 cm³/mol. The molecule has 0 bridgehead atoms. The number of carbonyl (C=O) groups excluding carboxylic acids is 2. The van der Waals surface area contributed by atoms with Crippen LogP contribution in [0.25, 0.3) is 10.2 Å². The van der Waals surface area contributed by atoms with Crippen molar-refractivity contribution in [3.05, 3.63) is 47.5 Å². The number of nitrogens with one attached hydrogen (secondary N) is 2. The van der Waals surface area contributed by atoms with E-state index in [0.717, 1.165) is 20.2 Å². The third-order valence-electron chi connectivity index (χ3n) is 3.14. The van der Waals surface area contributed by atoms with E-state index in [2.05, 4.69) is 15.6 Å². The summed E-state index contributed by atoms with van der Waals surface area (Å²) in [4.78, 5) is 27.6. The van der Waals surface area contributed by atoms with Crippen molar-refractivity contribution in [3.63, 3.8) is 0 Å². The van der Waals surface area contributed by atoms with Crippen molar-refractivity contribution in [2.24, 2.45) is 0 Å². The van der Waals surface area contributed by atoms with Crippen molar-refractivity contribution in [1.29, 1.82) is 0 Å². The maximum absolute atomic E-state index is 12.0. The molecular weight excluding hydrogens is 378 g/mol. The molecular formula is C17H14ClN3O2S2. The van der Waals surface area contributed by atoms with E-state index < -0.39 is 0 Å². The van der Waals surface area contributed by atoms with Crippen LogP contribution >= 0.6 is 34.7 Å². The number of hydrogen-bond acceptors (Lipinski definition) is 5. The molecule has 0 saturated carbocycles. The Morgan fingerprint density at radius 1 is 1.12 bits per heavy atom. The first-order valence-electron chi connectivity index (χ1n) is 7.36. The fourth-order valence-corrected chi connectivity index (χ4v) is 4.14. The Bertz CT molecular complexity index is 925. The number of nitrogens with zero attached hydrogens (tertiary/aromatic N) is 1. The van der Waals surface area contributed by atoms with Crippen LogP contribution < -0.4 is 10.6 Å². The van der Waals surface area contributed by atoms with Gasteiger partial charge in [-0.1, -0.05) is 23.4 Å². The molecule has 0 spiro atoms. The molecule has 0 fully saturated rings. The third-order valence-corrected chi connectivity index (χ3v) is 5.56. The molecule has 0 aliphatic rings. The highest BCUT2D eigenvalue weighted by molar-refractivity contribution is 8.01. The Labute approximate surface area is 157 Å². The van der Waals surface area contributed by atoms with Gasteiger partial charge in [-0.2, -0.15) is 0 Å². The van der Waals surface area contributed by atoms with Crippen LogP contribution in [0.4, 0.5) is 11.4 Å². The average molecular weight is 392 g/mol. The Morgan fingerprint density at radius 3 is 2.56 bits per heavy atom. The smallest absolute Gasteiger partial charge is 0.234 e. The Morgan fingerprint density at radius 2 is 1.84 bits per heavy atom. The summed E-state index contributed by atoms with van der Waals surface area (Å²) in [5, 5.41) is 6.19. The maximum atomic E-state index is 12.0. The SMILES string of the molecule is CC(=O)Nc1ccc2nc(SCC(=O)Nc3ccc(Cl)cc3)sc2c1. The summed E-state index contributed by atoms with van der Waals surface area (Å²) in [5.41, 5.74) is 2.29. The Balaban J connectivity index is 1.61. The van der Waals surface area contributed by atoms with Crippen LogP contribution in [0.1, 0.15) is 6.92 Å². The number of thioether (sulfide) groups is 1. The van der Waals surface area contributed by atoms with Crippen LogP contribution in [0.5, 0.6) is 0 Å². The van der Waals surface area contributed by atoms with Crippen LogP contribution in [0, 0.1) is 0 Å². The quantitative estimate of drug-likeness (QED) is 0.621. The van der Waals surface area contributed by atoms with E-state index >= 15 is 0 Å². The average Bonchev–Trinajstić information content (AvgIpc) is 2.97. The van der Waals surface area contributed by atoms with Gasteiger partial charge in [0.1, 0.15) is 0 Å². The molecule has 0 aliphatic heterocycles. The molecule has 1 aromatic heterocycles. The number of aromatic nitrogens is 1. The summed E-state index contributed by atoms with van der Waals surface area (Å²) in [6.07, 6.45) is 0. The van der Waals surface area contributed by atoms with Gasteiger partial charge >= 0.3 is 0 Å². The van der Waals surface area contributed by atoms with Crippen LogP contribution in [0.2, 0.25) is 5.02 Å². The number of halogens is 1. The summed E-state index contributed by atoms with van der Waals surface area (Å²) in [7, 11) is 0. The molecule has 128 valence electrons. The molecule has 2 N–H and O–H groups in total. The number of anilines is 2. The van der Waals surface area contributed by atoms with Gasteiger partial charge in [-0.15, -0.1) is 11.3 Å². The standard InChI is InChI=1S/C17H14ClN3O2S2/c1-10(22)19-13-6-7-14-15(8-13)25-17(21-14)24-9-16(23)20-12-4-2-11(18)3-5-12/h2-8H,9H2,1H3,(H,19,22)(H,20,23). The zero-order valence-electron chi connectivity index (χ0n) is 13.2. The van der Waals surface area contributed by atoms with Crippen LogP contribution in [0.15, 0.2) is 46.8 Å². The van der Waals surface area contributed by atoms with Crippen LogP contribution in [-0.4, -0.2) is 22.6 Å². The van der Waals surface area contributed by atoms with Gasteiger partial charge < -0.3 is 10.6 Å². The van der Waals surface area contributed by atoms with Crippen molar-refractivity contribution in [3.8, 4) is 0 Å². The first-order chi connectivity index (χ1) is 12.0. The molecule has 8 heteroatoms. The normalized spacial score (nSPS) is 10.6. The topological polar surface area (TPSA) is 71.1 Å². The van der Waals surface area contributed by atoms with E-state index in [4.69, 9.17) is 11.6 Å². The molecule has 25 heavy (non-hydrogen) atoms. The zero-order valence-corrected chi connectivity index (χ0v) is 15.6. The molecule has 0 atom stereocenters. The van der Waals surface area contributed by atoms with E-state index in [-0.39, 0.29) is 17.6 Å². The second-order valence-electron chi connectivity index (χ2n) is 5.19. The van der Waals surface area contributed by atoms with Gasteiger partial charge in [0.25, 0.3) is 0 Å². The number of carbonyl (C=O) groups is 2. The predicted octanol–water partition coefficient (Wildman–Crippen LogP) is 4.64. The van der Waals surface area contributed by atoms with E-state index in [1.807, 2.05) is 18.2 Å². The van der Waals surface area contributed by atoms with Crippen molar-refractivity contribution in [1.82, 2.24) is 4.98 Å². The molecule has 3 rings (SSSR count). The third kappa shape index (κ3) is 4.94. The van der Waals surface area contributed by atoms with Gasteiger partial charge in [0.15, 0.2) is 4.34 Å². The van der Waals surface area contributed by atoms with Crippen molar-refractivity contribution >= 4 is 68.1 Å². The lowest BCUT2D eigenvalue weighted by Gasteiger charge is -2.03. The fraction of sp³-hybridized carbons (Fsp3) is 0.118. The lowest BCUT2D eigenvalue weighted by Crippen LogP contribution is -2.13. The van der Waals surface area contributed by atoms with Gasteiger partial charge in [0.05, 0.1) is 16.0 Å². The lowest BCUT2D eigenvalue weighted by atomic mass is 10.3. The van der Waals surface area contributed by atoms with Crippen molar-refractivity contribution in [2.75, 3.05) is 16.4 Å². The van der Waals surface area contributed by atoms with E-state index in [0.29, 0.717) is 10.7 Å². The molecule has 3 aromatic rings. The molecule has 1 heterocycles. The number of rotatable bonds is 5. The molecule has 0 unspecified atom stereocenters. The van der Waals surface area contributed by atoms with Gasteiger partial charge in [-0.3, -0.25) is 9.59 Å². The molecule has 0 aliphatic carbocycles. The lowest BCUT2D eigenvalue weighted by molar-refractivity contribution is -0.114. The first kappa shape index (κ1) is 17.7. The van der Waals surface area contributed by atoms with E-state index in [1.54, 1.807) is 24.3 Å². The molecule has 0 radical (unpaired) electrons. The van der Waals surface area contributed by atoms with Gasteiger partial charge in [0, 0.05) is 23.3 Å². The second kappa shape index (κ2) is 7.86. The zero-order chi connectivity index (χ0) is 17.8. The summed E-state index contributed by atoms with van der Waals surface area (Å²) in [6, 6.07) is 12.5. The highest BCUT2D eigenvalue weighted by Gasteiger charge is 2.09. The van der Waals surface area contributed by atoms with Gasteiger partial charge in [-0.05, 0) is 42.5 Å². The molecule has 0 saturated heterocycles. The summed E-state index contributed by atoms with van der Waals surface area (Å²) < 4.78 is 1.77. The van der Waals surface area contributed by atoms with Gasteiger partial charge in [0.2, 0.25) is 11.8 Å². The van der Waals surface area contributed by atoms with E-state index in [9.17, 15) is 9.59 Å². The Kier molecular flexibility index (Phi) is 5.57. The fourth-order valence-electron chi connectivity index (χ4n) is 2.10. The van der Waals surface area contributed by atoms with Gasteiger partial charge in [-0.25, -0.2) is 4.98 Å². The Hall–Kier alpha value is -2.09. The highest BCUT2D eigenvalue weighted by Crippen LogP contribution is 2.31. The number of benzene rings is 2. The highest BCUT2D eigenvalue weighted by atomic mass is 35.5. The summed E-state index contributed by atoms with van der Waals surface area (Å²) >= 11 is 8.69. The molecule has 2 aromatic carbocycles.